The maximum absolute atomic E-state index is 12.3. The molecule has 25 heavy (non-hydrogen) atoms. The van der Waals surface area contributed by atoms with E-state index in [9.17, 15) is 4.79 Å². The van der Waals surface area contributed by atoms with Crippen molar-refractivity contribution >= 4 is 11.6 Å². The first-order valence-corrected chi connectivity index (χ1v) is 9.12. The number of carbonyl (C=O) groups excluding carboxylic acids is 1. The standard InChI is InChI=1S/C20H33N3O2/c1-20(2,3)14-19(24)21-15-18(23-10-12-25-13-11-23)16-6-8-17(9-7-16)22(4)5/h6-9,18H,10-15H2,1-5H3,(H,21,24). The summed E-state index contributed by atoms with van der Waals surface area (Å²) in [5.74, 6) is 0.121. The van der Waals surface area contributed by atoms with Gasteiger partial charge in [0.25, 0.3) is 0 Å². The van der Waals surface area contributed by atoms with Gasteiger partial charge >= 0.3 is 0 Å². The van der Waals surface area contributed by atoms with E-state index >= 15 is 0 Å². The molecule has 1 aliphatic rings. The molecule has 5 nitrogen and oxygen atoms in total. The number of hydrogen-bond donors (Lipinski definition) is 1. The molecule has 0 aliphatic carbocycles. The number of amides is 1. The van der Waals surface area contributed by atoms with Gasteiger partial charge in [-0.3, -0.25) is 9.69 Å². The predicted octanol–water partition coefficient (Wildman–Crippen LogP) is 2.68. The van der Waals surface area contributed by atoms with Gasteiger partial charge in [-0.15, -0.1) is 0 Å². The van der Waals surface area contributed by atoms with Crippen molar-refractivity contribution in [1.82, 2.24) is 10.2 Å². The molecule has 0 aromatic heterocycles. The molecule has 1 amide bonds. The number of benzene rings is 1. The van der Waals surface area contributed by atoms with Gasteiger partial charge in [0.15, 0.2) is 0 Å². The minimum Gasteiger partial charge on any atom is -0.379 e. The van der Waals surface area contributed by atoms with Crippen molar-refractivity contribution in [2.75, 3.05) is 51.8 Å². The van der Waals surface area contributed by atoms with Gasteiger partial charge in [0.1, 0.15) is 0 Å². The summed E-state index contributed by atoms with van der Waals surface area (Å²) in [6.45, 7) is 10.2. The predicted molar refractivity (Wildman–Crippen MR) is 103 cm³/mol. The normalized spacial score (nSPS) is 17.2. The minimum atomic E-state index is 0.00586. The van der Waals surface area contributed by atoms with Crippen molar-refractivity contribution in [1.29, 1.82) is 0 Å². The summed E-state index contributed by atoms with van der Waals surface area (Å²) in [6, 6.07) is 8.81. The van der Waals surface area contributed by atoms with E-state index in [1.54, 1.807) is 0 Å². The second-order valence-electron chi connectivity index (χ2n) is 8.19. The molecule has 1 fully saturated rings. The molecule has 1 atom stereocenters. The fourth-order valence-electron chi connectivity index (χ4n) is 3.10. The summed E-state index contributed by atoms with van der Waals surface area (Å²) in [4.78, 5) is 16.8. The van der Waals surface area contributed by atoms with E-state index in [-0.39, 0.29) is 17.4 Å². The Morgan fingerprint density at radius 3 is 2.32 bits per heavy atom. The van der Waals surface area contributed by atoms with Gasteiger partial charge in [-0.05, 0) is 23.1 Å². The van der Waals surface area contributed by atoms with Crippen molar-refractivity contribution in [2.24, 2.45) is 5.41 Å². The molecule has 0 bridgehead atoms. The number of morpholine rings is 1. The topological polar surface area (TPSA) is 44.8 Å². The van der Waals surface area contributed by atoms with E-state index in [2.05, 4.69) is 60.2 Å². The van der Waals surface area contributed by atoms with Crippen LogP contribution in [0.1, 0.15) is 38.8 Å². The third-order valence-electron chi connectivity index (χ3n) is 4.46. The Balaban J connectivity index is 2.08. The van der Waals surface area contributed by atoms with Crippen LogP contribution in [0.25, 0.3) is 0 Å². The Kier molecular flexibility index (Phi) is 6.85. The summed E-state index contributed by atoms with van der Waals surface area (Å²) in [7, 11) is 4.09. The van der Waals surface area contributed by atoms with Gasteiger partial charge in [-0.2, -0.15) is 0 Å². The highest BCUT2D eigenvalue weighted by atomic mass is 16.5. The molecule has 1 aliphatic heterocycles. The van der Waals surface area contributed by atoms with E-state index < -0.39 is 0 Å². The zero-order valence-electron chi connectivity index (χ0n) is 16.3. The maximum Gasteiger partial charge on any atom is 0.220 e. The first-order valence-electron chi connectivity index (χ1n) is 9.12. The Morgan fingerprint density at radius 2 is 1.80 bits per heavy atom. The summed E-state index contributed by atoms with van der Waals surface area (Å²) < 4.78 is 5.49. The van der Waals surface area contributed by atoms with Crippen LogP contribution in [0, 0.1) is 5.41 Å². The molecule has 1 saturated heterocycles. The van der Waals surface area contributed by atoms with Crippen molar-refractivity contribution in [2.45, 2.75) is 33.2 Å². The van der Waals surface area contributed by atoms with Crippen molar-refractivity contribution in [3.63, 3.8) is 0 Å². The molecule has 2 rings (SSSR count). The largest absolute Gasteiger partial charge is 0.379 e. The van der Waals surface area contributed by atoms with Gasteiger partial charge in [-0.1, -0.05) is 32.9 Å². The molecular formula is C20H33N3O2. The SMILES string of the molecule is CN(C)c1ccc(C(CNC(=O)CC(C)(C)C)N2CCOCC2)cc1. The zero-order chi connectivity index (χ0) is 18.4. The molecule has 1 heterocycles. The number of nitrogens with one attached hydrogen (secondary N) is 1. The summed E-state index contributed by atoms with van der Waals surface area (Å²) >= 11 is 0. The average Bonchev–Trinajstić information content (AvgIpc) is 2.55. The second-order valence-corrected chi connectivity index (χ2v) is 8.19. The maximum atomic E-state index is 12.3. The average molecular weight is 348 g/mol. The molecular weight excluding hydrogens is 314 g/mol. The van der Waals surface area contributed by atoms with E-state index in [4.69, 9.17) is 4.74 Å². The van der Waals surface area contributed by atoms with E-state index in [1.807, 2.05) is 14.1 Å². The minimum absolute atomic E-state index is 0.00586. The zero-order valence-corrected chi connectivity index (χ0v) is 16.3. The molecule has 1 unspecified atom stereocenters. The summed E-state index contributed by atoms with van der Waals surface area (Å²) in [5, 5.41) is 3.14. The van der Waals surface area contributed by atoms with E-state index in [0.29, 0.717) is 13.0 Å². The molecule has 5 heteroatoms. The van der Waals surface area contributed by atoms with Crippen LogP contribution in [0.15, 0.2) is 24.3 Å². The molecule has 1 aromatic rings. The van der Waals surface area contributed by atoms with Crippen molar-refractivity contribution in [3.05, 3.63) is 29.8 Å². The molecule has 0 radical (unpaired) electrons. The number of anilines is 1. The first kappa shape index (κ1) is 19.7. The molecule has 0 spiro atoms. The van der Waals surface area contributed by atoms with E-state index in [0.717, 1.165) is 26.3 Å². The van der Waals surface area contributed by atoms with E-state index in [1.165, 1.54) is 11.3 Å². The third-order valence-corrected chi connectivity index (χ3v) is 4.46. The van der Waals surface area contributed by atoms with Gasteiger partial charge in [0.2, 0.25) is 5.91 Å². The molecule has 1 N–H and O–H groups in total. The molecule has 1 aromatic carbocycles. The lowest BCUT2D eigenvalue weighted by Crippen LogP contribution is -2.44. The van der Waals surface area contributed by atoms with Crippen LogP contribution in [0.2, 0.25) is 0 Å². The van der Waals surface area contributed by atoms with Crippen LogP contribution in [0.4, 0.5) is 5.69 Å². The third kappa shape index (κ3) is 6.33. The number of rotatable bonds is 6. The Bertz CT molecular complexity index is 543. The summed E-state index contributed by atoms with van der Waals surface area (Å²) in [6.07, 6.45) is 0.544. The molecule has 140 valence electrons. The van der Waals surface area contributed by atoms with Crippen LogP contribution in [-0.2, 0) is 9.53 Å². The van der Waals surface area contributed by atoms with Crippen molar-refractivity contribution in [3.8, 4) is 0 Å². The monoisotopic (exact) mass is 347 g/mol. The first-order chi connectivity index (χ1) is 11.8. The Labute approximate surface area is 152 Å². The lowest BCUT2D eigenvalue weighted by Gasteiger charge is -2.35. The molecule has 0 saturated carbocycles. The Hall–Kier alpha value is -1.59. The number of carbonyl (C=O) groups is 1. The smallest absolute Gasteiger partial charge is 0.220 e. The van der Waals surface area contributed by atoms with Gasteiger partial charge < -0.3 is 15.0 Å². The van der Waals surface area contributed by atoms with Crippen LogP contribution in [0.5, 0.6) is 0 Å². The number of nitrogens with zero attached hydrogens (tertiary/aromatic N) is 2. The van der Waals surface area contributed by atoms with Crippen LogP contribution in [-0.4, -0.2) is 57.8 Å². The van der Waals surface area contributed by atoms with Crippen LogP contribution < -0.4 is 10.2 Å². The van der Waals surface area contributed by atoms with Gasteiger partial charge in [0.05, 0.1) is 19.3 Å². The Morgan fingerprint density at radius 1 is 1.20 bits per heavy atom. The quantitative estimate of drug-likeness (QED) is 0.859. The highest BCUT2D eigenvalue weighted by Gasteiger charge is 2.24. The highest BCUT2D eigenvalue weighted by molar-refractivity contribution is 5.76. The summed E-state index contributed by atoms with van der Waals surface area (Å²) in [5.41, 5.74) is 2.43. The number of ether oxygens (including phenoxy) is 1. The van der Waals surface area contributed by atoms with Crippen LogP contribution >= 0.6 is 0 Å². The highest BCUT2D eigenvalue weighted by Crippen LogP contribution is 2.24. The second kappa shape index (κ2) is 8.68. The fourth-order valence-corrected chi connectivity index (χ4v) is 3.10. The number of hydrogen-bond acceptors (Lipinski definition) is 4. The van der Waals surface area contributed by atoms with Crippen molar-refractivity contribution < 1.29 is 9.53 Å². The van der Waals surface area contributed by atoms with Gasteiger partial charge in [0, 0.05) is 45.8 Å². The van der Waals surface area contributed by atoms with Crippen LogP contribution in [0.3, 0.4) is 0 Å². The van der Waals surface area contributed by atoms with Gasteiger partial charge in [-0.25, -0.2) is 0 Å². The lowest BCUT2D eigenvalue weighted by atomic mass is 9.92. The lowest BCUT2D eigenvalue weighted by molar-refractivity contribution is -0.123. The fraction of sp³-hybridized carbons (Fsp3) is 0.650.